The van der Waals surface area contributed by atoms with Gasteiger partial charge in [-0.15, -0.1) is 0 Å². The number of rotatable bonds is 4. The van der Waals surface area contributed by atoms with Crippen molar-refractivity contribution in [3.63, 3.8) is 0 Å². The first kappa shape index (κ1) is 19.7. The third-order valence-corrected chi connectivity index (χ3v) is 5.50. The first-order valence-electron chi connectivity index (χ1n) is 7.39. The first-order valence-corrected chi connectivity index (χ1v) is 9.34. The smallest absolute Gasteiger partial charge is 0.268 e. The van der Waals surface area contributed by atoms with Gasteiger partial charge in [0.2, 0.25) is 0 Å². The molecule has 0 aromatic heterocycles. The van der Waals surface area contributed by atoms with Crippen molar-refractivity contribution in [2.45, 2.75) is 6.54 Å². The Bertz CT molecular complexity index is 1010. The molecule has 27 heavy (non-hydrogen) atoms. The monoisotopic (exact) mass is 442 g/mol. The Balaban J connectivity index is 1.86. The van der Waals surface area contributed by atoms with Gasteiger partial charge in [0.1, 0.15) is 5.02 Å². The molecule has 0 spiro atoms. The number of nitro benzene ring substituents is 1. The van der Waals surface area contributed by atoms with Gasteiger partial charge in [0, 0.05) is 16.1 Å². The zero-order valence-electron chi connectivity index (χ0n) is 13.3. The van der Waals surface area contributed by atoms with Gasteiger partial charge in [-0.25, -0.2) is 0 Å². The van der Waals surface area contributed by atoms with Crippen molar-refractivity contribution >= 4 is 69.5 Å². The fourth-order valence-corrected chi connectivity index (χ4v) is 3.86. The van der Waals surface area contributed by atoms with E-state index < -0.39 is 16.1 Å². The lowest BCUT2D eigenvalue weighted by molar-refractivity contribution is -0.384. The van der Waals surface area contributed by atoms with E-state index in [0.717, 1.165) is 16.7 Å². The minimum absolute atomic E-state index is 0.00122. The summed E-state index contributed by atoms with van der Waals surface area (Å²) in [6.07, 6.45) is 1.41. The first-order chi connectivity index (χ1) is 12.8. The normalized spacial score (nSPS) is 15.7. The molecule has 1 fully saturated rings. The van der Waals surface area contributed by atoms with Gasteiger partial charge in [0.05, 0.1) is 16.4 Å². The molecule has 0 saturated carbocycles. The quantitative estimate of drug-likeness (QED) is 0.339. The van der Waals surface area contributed by atoms with Gasteiger partial charge in [-0.1, -0.05) is 46.9 Å². The molecular formula is C17H9Cl3N2O4S. The number of nitrogens with zero attached hydrogens (tertiary/aromatic N) is 2. The molecule has 0 unspecified atom stereocenters. The van der Waals surface area contributed by atoms with Gasteiger partial charge < -0.3 is 0 Å². The molecule has 0 radical (unpaired) electrons. The number of hydrogen-bond donors (Lipinski definition) is 0. The van der Waals surface area contributed by atoms with Crippen molar-refractivity contribution in [1.29, 1.82) is 0 Å². The van der Waals surface area contributed by atoms with Crippen molar-refractivity contribution in [3.05, 3.63) is 77.6 Å². The summed E-state index contributed by atoms with van der Waals surface area (Å²) in [5.41, 5.74) is 0.686. The number of hydrogen-bond acceptors (Lipinski definition) is 5. The summed E-state index contributed by atoms with van der Waals surface area (Å²) in [6, 6.07) is 8.92. The van der Waals surface area contributed by atoms with Gasteiger partial charge in [-0.2, -0.15) is 0 Å². The molecule has 1 saturated heterocycles. The number of carbonyl (C=O) groups excluding carboxylic acids is 2. The van der Waals surface area contributed by atoms with E-state index in [1.807, 2.05) is 0 Å². The maximum Gasteiger partial charge on any atom is 0.293 e. The Morgan fingerprint density at radius 1 is 1.07 bits per heavy atom. The summed E-state index contributed by atoms with van der Waals surface area (Å²) in [4.78, 5) is 36.4. The van der Waals surface area contributed by atoms with Crippen molar-refractivity contribution < 1.29 is 14.5 Å². The zero-order chi connectivity index (χ0) is 19.7. The van der Waals surface area contributed by atoms with E-state index in [4.69, 9.17) is 34.8 Å². The van der Waals surface area contributed by atoms with Crippen LogP contribution >= 0.6 is 46.6 Å². The van der Waals surface area contributed by atoms with Crippen molar-refractivity contribution in [1.82, 2.24) is 4.90 Å². The highest BCUT2D eigenvalue weighted by atomic mass is 35.5. The molecule has 1 aliphatic rings. The molecule has 1 aliphatic heterocycles. The molecule has 10 heteroatoms. The standard InChI is InChI=1S/C17H9Cl3N2O4S/c18-11-3-2-10(13(20)7-11)8-21-16(23)15(27-17(21)24)6-9-1-4-12(19)14(5-9)22(25)26/h1-7H,8H2/b15-6-. The predicted molar refractivity (Wildman–Crippen MR) is 106 cm³/mol. The zero-order valence-corrected chi connectivity index (χ0v) is 16.4. The Hall–Kier alpha value is -2.06. The second-order valence-electron chi connectivity index (χ2n) is 5.47. The molecule has 6 nitrogen and oxygen atoms in total. The van der Waals surface area contributed by atoms with Gasteiger partial charge >= 0.3 is 0 Å². The second-order valence-corrected chi connectivity index (χ2v) is 7.72. The second kappa shape index (κ2) is 7.90. The molecule has 0 aliphatic carbocycles. The van der Waals surface area contributed by atoms with Crippen molar-refractivity contribution in [2.75, 3.05) is 0 Å². The topological polar surface area (TPSA) is 80.5 Å². The summed E-state index contributed by atoms with van der Waals surface area (Å²) >= 11 is 18.5. The van der Waals surface area contributed by atoms with E-state index in [-0.39, 0.29) is 22.2 Å². The van der Waals surface area contributed by atoms with E-state index in [1.165, 1.54) is 30.3 Å². The summed E-state index contributed by atoms with van der Waals surface area (Å²) < 4.78 is 0. The highest BCUT2D eigenvalue weighted by Crippen LogP contribution is 2.35. The van der Waals surface area contributed by atoms with Crippen LogP contribution in [0.5, 0.6) is 0 Å². The van der Waals surface area contributed by atoms with Crippen molar-refractivity contribution in [2.24, 2.45) is 0 Å². The summed E-state index contributed by atoms with van der Waals surface area (Å²) in [7, 11) is 0. The third-order valence-electron chi connectivity index (χ3n) is 3.68. The molecule has 138 valence electrons. The van der Waals surface area contributed by atoms with Gasteiger partial charge in [0.15, 0.2) is 0 Å². The minimum atomic E-state index is -0.617. The number of amides is 2. The van der Waals surface area contributed by atoms with Crippen LogP contribution in [0.1, 0.15) is 11.1 Å². The third kappa shape index (κ3) is 4.27. The molecule has 3 rings (SSSR count). The maximum atomic E-state index is 12.6. The van der Waals surface area contributed by atoms with E-state index in [1.54, 1.807) is 12.1 Å². The molecule has 2 amide bonds. The molecule has 2 aromatic carbocycles. The average molecular weight is 444 g/mol. The van der Waals surface area contributed by atoms with E-state index in [9.17, 15) is 19.7 Å². The van der Waals surface area contributed by atoms with Crippen LogP contribution in [0.4, 0.5) is 10.5 Å². The Morgan fingerprint density at radius 2 is 1.81 bits per heavy atom. The lowest BCUT2D eigenvalue weighted by Gasteiger charge is -2.13. The molecule has 2 aromatic rings. The number of carbonyl (C=O) groups is 2. The fourth-order valence-electron chi connectivity index (χ4n) is 2.37. The Kier molecular flexibility index (Phi) is 5.76. The number of thioether (sulfide) groups is 1. The van der Waals surface area contributed by atoms with Gasteiger partial charge in [-0.05, 0) is 47.2 Å². The van der Waals surface area contributed by atoms with Crippen LogP contribution in [0, 0.1) is 10.1 Å². The van der Waals surface area contributed by atoms with E-state index in [2.05, 4.69) is 0 Å². The SMILES string of the molecule is O=C1S/C(=C\c2ccc(Cl)c([N+](=O)[O-])c2)C(=O)N1Cc1ccc(Cl)cc1Cl. The molecular weight excluding hydrogens is 435 g/mol. The number of nitro groups is 1. The number of halogens is 3. The lowest BCUT2D eigenvalue weighted by atomic mass is 10.1. The Morgan fingerprint density at radius 3 is 2.48 bits per heavy atom. The van der Waals surface area contributed by atoms with Gasteiger partial charge in [-0.3, -0.25) is 24.6 Å². The van der Waals surface area contributed by atoms with Crippen LogP contribution in [0.15, 0.2) is 41.3 Å². The summed E-state index contributed by atoms with van der Waals surface area (Å²) in [5, 5.41) is 11.3. The number of benzene rings is 2. The highest BCUT2D eigenvalue weighted by Gasteiger charge is 2.35. The highest BCUT2D eigenvalue weighted by molar-refractivity contribution is 8.18. The summed E-state index contributed by atoms with van der Waals surface area (Å²) in [6.45, 7) is -0.00122. The van der Waals surface area contributed by atoms with Crippen LogP contribution in [-0.2, 0) is 11.3 Å². The molecule has 0 bridgehead atoms. The van der Waals surface area contributed by atoms with Crippen LogP contribution in [0.3, 0.4) is 0 Å². The minimum Gasteiger partial charge on any atom is -0.268 e. The molecule has 0 atom stereocenters. The fraction of sp³-hybridized carbons (Fsp3) is 0.0588. The maximum absolute atomic E-state index is 12.6. The van der Waals surface area contributed by atoms with Crippen LogP contribution in [0.25, 0.3) is 6.08 Å². The van der Waals surface area contributed by atoms with E-state index >= 15 is 0 Å². The molecule has 0 N–H and O–H groups in total. The van der Waals surface area contributed by atoms with Crippen LogP contribution < -0.4 is 0 Å². The van der Waals surface area contributed by atoms with Crippen molar-refractivity contribution in [3.8, 4) is 0 Å². The predicted octanol–water partition coefficient (Wildman–Crippen LogP) is 5.79. The molecule has 1 heterocycles. The summed E-state index contributed by atoms with van der Waals surface area (Å²) in [5.74, 6) is -0.506. The van der Waals surface area contributed by atoms with Crippen LogP contribution in [0.2, 0.25) is 15.1 Å². The van der Waals surface area contributed by atoms with E-state index in [0.29, 0.717) is 21.2 Å². The lowest BCUT2D eigenvalue weighted by Crippen LogP contribution is -2.27. The largest absolute Gasteiger partial charge is 0.293 e. The average Bonchev–Trinajstić information content (AvgIpc) is 2.86. The van der Waals surface area contributed by atoms with Crippen LogP contribution in [-0.4, -0.2) is 21.0 Å². The number of imide groups is 1. The van der Waals surface area contributed by atoms with Gasteiger partial charge in [0.25, 0.3) is 16.8 Å². The Labute approximate surface area is 172 Å².